The summed E-state index contributed by atoms with van der Waals surface area (Å²) in [6, 6.07) is 6.42. The molecule has 0 unspecified atom stereocenters. The lowest BCUT2D eigenvalue weighted by atomic mass is 10.2. The average molecular weight is 309 g/mol. The molecular weight excluding hydrogens is 281 g/mol. The zero-order valence-electron chi connectivity index (χ0n) is 13.9. The third-order valence-electron chi connectivity index (χ3n) is 2.89. The van der Waals surface area contributed by atoms with E-state index in [1.807, 2.05) is 6.92 Å². The molecule has 0 radical (unpaired) electrons. The molecule has 2 N–H and O–H groups in total. The van der Waals surface area contributed by atoms with E-state index in [4.69, 9.17) is 4.74 Å². The number of benzene rings is 1. The van der Waals surface area contributed by atoms with Gasteiger partial charge < -0.3 is 15.4 Å². The zero-order chi connectivity index (χ0) is 16.2. The maximum Gasteiger partial charge on any atom is 0.191 e. The van der Waals surface area contributed by atoms with Gasteiger partial charge in [0.05, 0.1) is 6.54 Å². The first kappa shape index (κ1) is 18.4. The second kappa shape index (κ2) is 11.0. The van der Waals surface area contributed by atoms with Crippen LogP contribution in [0.25, 0.3) is 0 Å². The topological polar surface area (TPSA) is 45.7 Å². The van der Waals surface area contributed by atoms with Crippen molar-refractivity contribution < 1.29 is 9.13 Å². The lowest BCUT2D eigenvalue weighted by Gasteiger charge is -2.12. The van der Waals surface area contributed by atoms with Gasteiger partial charge in [-0.05, 0) is 37.0 Å². The van der Waals surface area contributed by atoms with Gasteiger partial charge in [0, 0.05) is 26.3 Å². The highest BCUT2D eigenvalue weighted by molar-refractivity contribution is 5.79. The largest absolute Gasteiger partial charge is 0.381 e. The maximum atomic E-state index is 12.9. The molecule has 4 nitrogen and oxygen atoms in total. The molecule has 0 aliphatic rings. The van der Waals surface area contributed by atoms with E-state index in [0.717, 1.165) is 44.2 Å². The van der Waals surface area contributed by atoms with Gasteiger partial charge in [-0.3, -0.25) is 0 Å². The fourth-order valence-corrected chi connectivity index (χ4v) is 1.80. The molecule has 0 fully saturated rings. The summed E-state index contributed by atoms with van der Waals surface area (Å²) >= 11 is 0. The summed E-state index contributed by atoms with van der Waals surface area (Å²) in [6.07, 6.45) is 0.938. The van der Waals surface area contributed by atoms with Crippen LogP contribution in [0.4, 0.5) is 4.39 Å². The van der Waals surface area contributed by atoms with E-state index < -0.39 is 0 Å². The Morgan fingerprint density at radius 3 is 2.59 bits per heavy atom. The molecule has 1 aromatic carbocycles. The van der Waals surface area contributed by atoms with Crippen molar-refractivity contribution in [1.29, 1.82) is 0 Å². The van der Waals surface area contributed by atoms with Gasteiger partial charge in [0.15, 0.2) is 5.96 Å². The number of rotatable bonds is 9. The fraction of sp³-hybridized carbons (Fsp3) is 0.588. The van der Waals surface area contributed by atoms with E-state index in [1.54, 1.807) is 12.1 Å². The van der Waals surface area contributed by atoms with Crippen molar-refractivity contribution in [3.05, 3.63) is 35.6 Å². The molecular formula is C17H28FN3O. The molecule has 0 aromatic heterocycles. The van der Waals surface area contributed by atoms with Gasteiger partial charge >= 0.3 is 0 Å². The quantitative estimate of drug-likeness (QED) is 0.419. The van der Waals surface area contributed by atoms with E-state index in [9.17, 15) is 4.39 Å². The third-order valence-corrected chi connectivity index (χ3v) is 2.89. The Morgan fingerprint density at radius 1 is 1.23 bits per heavy atom. The highest BCUT2D eigenvalue weighted by Crippen LogP contribution is 2.03. The summed E-state index contributed by atoms with van der Waals surface area (Å²) in [4.78, 5) is 4.49. The van der Waals surface area contributed by atoms with E-state index >= 15 is 0 Å². The maximum absolute atomic E-state index is 12.9. The van der Waals surface area contributed by atoms with Crippen molar-refractivity contribution in [2.24, 2.45) is 10.9 Å². The molecule has 0 heterocycles. The van der Waals surface area contributed by atoms with Crippen LogP contribution in [0.2, 0.25) is 0 Å². The number of hydrogen-bond acceptors (Lipinski definition) is 2. The van der Waals surface area contributed by atoms with E-state index in [-0.39, 0.29) is 5.82 Å². The summed E-state index contributed by atoms with van der Waals surface area (Å²) in [7, 11) is 0. The lowest BCUT2D eigenvalue weighted by molar-refractivity contribution is 0.108. The standard InChI is InChI=1S/C17H28FN3O/c1-4-19-17(20-10-5-11-22-13-14(2)3)21-12-15-6-8-16(18)9-7-15/h6-9,14H,4-5,10-13H2,1-3H3,(H2,19,20,21). The Labute approximate surface area is 133 Å². The SMILES string of the molecule is CCNC(=NCc1ccc(F)cc1)NCCCOCC(C)C. The second-order valence-electron chi connectivity index (χ2n) is 5.57. The molecule has 0 atom stereocenters. The van der Waals surface area contributed by atoms with Crippen LogP contribution in [0.3, 0.4) is 0 Å². The van der Waals surface area contributed by atoms with Gasteiger partial charge in [0.2, 0.25) is 0 Å². The van der Waals surface area contributed by atoms with Crippen molar-refractivity contribution in [2.45, 2.75) is 33.7 Å². The summed E-state index contributed by atoms with van der Waals surface area (Å²) in [5.74, 6) is 1.12. The van der Waals surface area contributed by atoms with Crippen LogP contribution in [0, 0.1) is 11.7 Å². The smallest absolute Gasteiger partial charge is 0.191 e. The van der Waals surface area contributed by atoms with Gasteiger partial charge in [-0.15, -0.1) is 0 Å². The van der Waals surface area contributed by atoms with E-state index in [0.29, 0.717) is 12.5 Å². The van der Waals surface area contributed by atoms with Crippen LogP contribution in [-0.2, 0) is 11.3 Å². The van der Waals surface area contributed by atoms with Crippen molar-refractivity contribution in [3.63, 3.8) is 0 Å². The van der Waals surface area contributed by atoms with Crippen LogP contribution >= 0.6 is 0 Å². The van der Waals surface area contributed by atoms with Gasteiger partial charge in [-0.25, -0.2) is 9.38 Å². The first-order valence-corrected chi connectivity index (χ1v) is 7.96. The Bertz CT molecular complexity index is 432. The lowest BCUT2D eigenvalue weighted by Crippen LogP contribution is -2.38. The monoisotopic (exact) mass is 309 g/mol. The summed E-state index contributed by atoms with van der Waals surface area (Å²) in [5.41, 5.74) is 0.985. The molecule has 1 aromatic rings. The number of nitrogens with zero attached hydrogens (tertiary/aromatic N) is 1. The average Bonchev–Trinajstić information content (AvgIpc) is 2.49. The van der Waals surface area contributed by atoms with Crippen LogP contribution in [-0.4, -0.2) is 32.3 Å². The summed E-state index contributed by atoms with van der Waals surface area (Å²) in [5, 5.41) is 6.47. The number of guanidine groups is 1. The van der Waals surface area contributed by atoms with Crippen LogP contribution in [0.15, 0.2) is 29.3 Å². The predicted molar refractivity (Wildman–Crippen MR) is 89.5 cm³/mol. The molecule has 22 heavy (non-hydrogen) atoms. The number of aliphatic imine (C=N–C) groups is 1. The first-order chi connectivity index (χ1) is 10.6. The van der Waals surface area contributed by atoms with Crippen LogP contribution < -0.4 is 10.6 Å². The second-order valence-corrected chi connectivity index (χ2v) is 5.57. The van der Waals surface area contributed by atoms with Crippen LogP contribution in [0.5, 0.6) is 0 Å². The van der Waals surface area contributed by atoms with Crippen LogP contribution in [0.1, 0.15) is 32.8 Å². The van der Waals surface area contributed by atoms with Crippen molar-refractivity contribution in [2.75, 3.05) is 26.3 Å². The zero-order valence-corrected chi connectivity index (χ0v) is 13.9. The number of ether oxygens (including phenoxy) is 1. The van der Waals surface area contributed by atoms with Gasteiger partial charge in [0.25, 0.3) is 0 Å². The Kier molecular flexibility index (Phi) is 9.23. The molecule has 0 aliphatic heterocycles. The molecule has 0 bridgehead atoms. The van der Waals surface area contributed by atoms with Gasteiger partial charge in [-0.2, -0.15) is 0 Å². The minimum Gasteiger partial charge on any atom is -0.381 e. The summed E-state index contributed by atoms with van der Waals surface area (Å²) in [6.45, 7) is 10.0. The summed E-state index contributed by atoms with van der Waals surface area (Å²) < 4.78 is 18.4. The van der Waals surface area contributed by atoms with Gasteiger partial charge in [-0.1, -0.05) is 26.0 Å². The number of hydrogen-bond donors (Lipinski definition) is 2. The van der Waals surface area contributed by atoms with E-state index in [1.165, 1.54) is 12.1 Å². The van der Waals surface area contributed by atoms with E-state index in [2.05, 4.69) is 29.5 Å². The van der Waals surface area contributed by atoms with Gasteiger partial charge in [0.1, 0.15) is 5.82 Å². The molecule has 0 saturated carbocycles. The first-order valence-electron chi connectivity index (χ1n) is 7.96. The van der Waals surface area contributed by atoms with Crippen molar-refractivity contribution in [3.8, 4) is 0 Å². The minimum absolute atomic E-state index is 0.223. The minimum atomic E-state index is -0.223. The molecule has 0 aliphatic carbocycles. The number of halogens is 1. The Morgan fingerprint density at radius 2 is 1.95 bits per heavy atom. The van der Waals surface area contributed by atoms with Crippen molar-refractivity contribution >= 4 is 5.96 Å². The molecule has 0 amide bonds. The molecule has 0 spiro atoms. The predicted octanol–water partition coefficient (Wildman–Crippen LogP) is 2.94. The highest BCUT2D eigenvalue weighted by Gasteiger charge is 1.99. The molecule has 124 valence electrons. The third kappa shape index (κ3) is 8.62. The highest BCUT2D eigenvalue weighted by atomic mass is 19.1. The molecule has 0 saturated heterocycles. The number of nitrogens with one attached hydrogen (secondary N) is 2. The van der Waals surface area contributed by atoms with Crippen molar-refractivity contribution in [1.82, 2.24) is 10.6 Å². The normalized spacial score (nSPS) is 11.8. The Balaban J connectivity index is 2.31. The fourth-order valence-electron chi connectivity index (χ4n) is 1.80. The Hall–Kier alpha value is -1.62. The molecule has 5 heteroatoms. The molecule has 1 rings (SSSR count).